The molecule has 1 heterocycles. The number of rotatable bonds is 8. The smallest absolute Gasteiger partial charge is 0.378 e. The summed E-state index contributed by atoms with van der Waals surface area (Å²) in [5, 5.41) is 0. The van der Waals surface area contributed by atoms with E-state index in [2.05, 4.69) is 0 Å². The Balaban J connectivity index is 2.53. The molecule has 6 nitrogen and oxygen atoms in total. The monoisotopic (exact) mass is 308 g/mol. The predicted octanol–water partition coefficient (Wildman–Crippen LogP) is 1.92. The van der Waals surface area contributed by atoms with E-state index in [1.165, 1.54) is 0 Å². The third kappa shape index (κ3) is 6.25. The third-order valence-corrected chi connectivity index (χ3v) is 4.09. The number of phosphoric ester groups is 1. The van der Waals surface area contributed by atoms with E-state index >= 15 is 0 Å². The lowest BCUT2D eigenvalue weighted by atomic mass is 9.73. The van der Waals surface area contributed by atoms with Crippen molar-refractivity contribution in [3.63, 3.8) is 0 Å². The molecule has 1 rings (SSSR count). The van der Waals surface area contributed by atoms with Crippen LogP contribution in [0.25, 0.3) is 0 Å². The molecular formula is C12H26BO6P. The van der Waals surface area contributed by atoms with Gasteiger partial charge in [-0.15, -0.1) is 0 Å². The molecule has 0 bridgehead atoms. The Morgan fingerprint density at radius 3 is 2.50 bits per heavy atom. The molecule has 8 heteroatoms. The van der Waals surface area contributed by atoms with Crippen molar-refractivity contribution in [3.05, 3.63) is 0 Å². The van der Waals surface area contributed by atoms with Gasteiger partial charge in [-0.2, -0.15) is 0 Å². The standard InChI is InChI=1S/C12H26BO6P/c1-8(2)17-10-6-12(13-5)18-11(10)7-16-20(14,15)19-9(3)4/h8-13H,6-7H2,1-5H3,(H,14,15). The van der Waals surface area contributed by atoms with Gasteiger partial charge in [-0.3, -0.25) is 9.05 Å². The molecule has 1 saturated heterocycles. The number of hydrogen-bond acceptors (Lipinski definition) is 5. The van der Waals surface area contributed by atoms with Gasteiger partial charge in [-0.1, -0.05) is 6.82 Å². The highest BCUT2D eigenvalue weighted by Crippen LogP contribution is 2.45. The van der Waals surface area contributed by atoms with Crippen molar-refractivity contribution in [1.29, 1.82) is 0 Å². The van der Waals surface area contributed by atoms with Crippen molar-refractivity contribution in [2.24, 2.45) is 0 Å². The summed E-state index contributed by atoms with van der Waals surface area (Å²) in [6.45, 7) is 9.30. The minimum Gasteiger partial charge on any atom is -0.378 e. The fourth-order valence-electron chi connectivity index (χ4n) is 2.17. The Kier molecular flexibility index (Phi) is 7.19. The summed E-state index contributed by atoms with van der Waals surface area (Å²) >= 11 is 0. The summed E-state index contributed by atoms with van der Waals surface area (Å²) in [6.07, 6.45) is 0.0392. The summed E-state index contributed by atoms with van der Waals surface area (Å²) < 4.78 is 33.1. The number of ether oxygens (including phenoxy) is 2. The van der Waals surface area contributed by atoms with E-state index in [1.807, 2.05) is 20.7 Å². The van der Waals surface area contributed by atoms with Gasteiger partial charge >= 0.3 is 7.82 Å². The van der Waals surface area contributed by atoms with Gasteiger partial charge in [0, 0.05) is 6.00 Å². The highest BCUT2D eigenvalue weighted by atomic mass is 31.2. The minimum absolute atomic E-state index is 0.00557. The molecular weight excluding hydrogens is 282 g/mol. The molecule has 4 atom stereocenters. The average Bonchev–Trinajstić information content (AvgIpc) is 2.66. The summed E-state index contributed by atoms with van der Waals surface area (Å²) in [5.41, 5.74) is 0. The maximum Gasteiger partial charge on any atom is 0.472 e. The lowest BCUT2D eigenvalue weighted by molar-refractivity contribution is -0.0590. The van der Waals surface area contributed by atoms with E-state index in [0.29, 0.717) is 0 Å². The number of phosphoric acid groups is 1. The quantitative estimate of drug-likeness (QED) is 0.545. The molecule has 1 aliphatic heterocycles. The molecule has 0 aliphatic carbocycles. The van der Waals surface area contributed by atoms with E-state index in [1.54, 1.807) is 13.8 Å². The highest BCUT2D eigenvalue weighted by molar-refractivity contribution is 7.47. The Bertz CT molecular complexity index is 338. The van der Waals surface area contributed by atoms with Crippen molar-refractivity contribution in [2.45, 2.75) is 71.4 Å². The zero-order chi connectivity index (χ0) is 15.3. The first-order valence-corrected chi connectivity index (χ1v) is 8.69. The first kappa shape index (κ1) is 18.1. The molecule has 0 aromatic heterocycles. The second kappa shape index (κ2) is 7.92. The molecule has 1 fully saturated rings. The molecule has 0 radical (unpaired) electrons. The lowest BCUT2D eigenvalue weighted by Crippen LogP contribution is -2.31. The summed E-state index contributed by atoms with van der Waals surface area (Å²) in [6, 6.07) is 0.108. The lowest BCUT2D eigenvalue weighted by Gasteiger charge is -2.22. The zero-order valence-corrected chi connectivity index (χ0v) is 13.8. The predicted molar refractivity (Wildman–Crippen MR) is 78.3 cm³/mol. The molecule has 4 unspecified atom stereocenters. The maximum atomic E-state index is 11.7. The maximum absolute atomic E-state index is 11.7. The summed E-state index contributed by atoms with van der Waals surface area (Å²) in [5.74, 6) is 0. The van der Waals surface area contributed by atoms with Crippen LogP contribution in [-0.2, 0) is 23.1 Å². The van der Waals surface area contributed by atoms with Crippen LogP contribution in [-0.4, -0.2) is 49.2 Å². The molecule has 0 aromatic carbocycles. The van der Waals surface area contributed by atoms with E-state index in [9.17, 15) is 9.46 Å². The van der Waals surface area contributed by atoms with Crippen molar-refractivity contribution in [2.75, 3.05) is 6.61 Å². The Morgan fingerprint density at radius 1 is 1.35 bits per heavy atom. The van der Waals surface area contributed by atoms with Crippen LogP contribution in [0, 0.1) is 0 Å². The van der Waals surface area contributed by atoms with Gasteiger partial charge in [0.15, 0.2) is 7.28 Å². The third-order valence-electron chi connectivity index (χ3n) is 2.93. The first-order valence-electron chi connectivity index (χ1n) is 7.20. The van der Waals surface area contributed by atoms with Crippen LogP contribution in [0.3, 0.4) is 0 Å². The Hall–Kier alpha value is 0.0949. The van der Waals surface area contributed by atoms with Gasteiger partial charge in [0.05, 0.1) is 24.9 Å². The van der Waals surface area contributed by atoms with E-state index < -0.39 is 7.82 Å². The van der Waals surface area contributed by atoms with Gasteiger partial charge < -0.3 is 14.4 Å². The zero-order valence-electron chi connectivity index (χ0n) is 12.9. The van der Waals surface area contributed by atoms with Crippen LogP contribution in [0.4, 0.5) is 0 Å². The second-order valence-corrected chi connectivity index (χ2v) is 6.99. The normalized spacial score (nSPS) is 29.9. The summed E-state index contributed by atoms with van der Waals surface area (Å²) in [4.78, 5) is 9.55. The molecule has 0 aromatic rings. The van der Waals surface area contributed by atoms with Crippen molar-refractivity contribution in [3.8, 4) is 0 Å². The molecule has 1 aliphatic rings. The molecule has 0 amide bonds. The van der Waals surface area contributed by atoms with Crippen molar-refractivity contribution >= 4 is 15.1 Å². The van der Waals surface area contributed by atoms with Crippen LogP contribution in [0.1, 0.15) is 34.1 Å². The second-order valence-electron chi connectivity index (χ2n) is 5.58. The fourth-order valence-corrected chi connectivity index (χ4v) is 3.10. The van der Waals surface area contributed by atoms with E-state index in [0.717, 1.165) is 13.7 Å². The first-order chi connectivity index (χ1) is 9.23. The van der Waals surface area contributed by atoms with Crippen LogP contribution < -0.4 is 0 Å². The molecule has 20 heavy (non-hydrogen) atoms. The SMILES string of the molecule is CBC1CC(OC(C)C)C(COP(=O)(O)OC(C)C)O1. The van der Waals surface area contributed by atoms with Crippen molar-refractivity contribution < 1.29 is 28.0 Å². The van der Waals surface area contributed by atoms with Gasteiger partial charge in [0.1, 0.15) is 6.10 Å². The van der Waals surface area contributed by atoms with Gasteiger partial charge in [0.2, 0.25) is 0 Å². The number of hydrogen-bond donors (Lipinski definition) is 1. The average molecular weight is 308 g/mol. The largest absolute Gasteiger partial charge is 0.472 e. The van der Waals surface area contributed by atoms with E-state index in [-0.39, 0.29) is 37.0 Å². The Morgan fingerprint density at radius 2 is 2.00 bits per heavy atom. The van der Waals surface area contributed by atoms with Gasteiger partial charge in [0.25, 0.3) is 0 Å². The molecule has 0 spiro atoms. The topological polar surface area (TPSA) is 74.2 Å². The van der Waals surface area contributed by atoms with Crippen LogP contribution in [0.5, 0.6) is 0 Å². The van der Waals surface area contributed by atoms with Crippen molar-refractivity contribution in [1.82, 2.24) is 0 Å². The Labute approximate surface area is 122 Å². The highest BCUT2D eigenvalue weighted by Gasteiger charge is 2.37. The van der Waals surface area contributed by atoms with E-state index in [4.69, 9.17) is 18.5 Å². The minimum atomic E-state index is -4.03. The summed E-state index contributed by atoms with van der Waals surface area (Å²) in [7, 11) is -3.14. The molecule has 0 saturated carbocycles. The van der Waals surface area contributed by atoms with Crippen LogP contribution in [0.15, 0.2) is 0 Å². The molecule has 1 N–H and O–H groups in total. The fraction of sp³-hybridized carbons (Fsp3) is 1.00. The van der Waals surface area contributed by atoms with Crippen LogP contribution in [0.2, 0.25) is 6.82 Å². The molecule has 118 valence electrons. The van der Waals surface area contributed by atoms with Crippen LogP contribution >= 0.6 is 7.82 Å². The van der Waals surface area contributed by atoms with Gasteiger partial charge in [-0.25, -0.2) is 4.57 Å². The van der Waals surface area contributed by atoms with Gasteiger partial charge in [-0.05, 0) is 34.1 Å².